The van der Waals surface area contributed by atoms with Gasteiger partial charge in [-0.15, -0.1) is 0 Å². The Morgan fingerprint density at radius 1 is 1.00 bits per heavy atom. The molecule has 4 rings (SSSR count). The number of hydrogen-bond donors (Lipinski definition) is 2. The maximum absolute atomic E-state index is 12.7. The van der Waals surface area contributed by atoms with Crippen molar-refractivity contribution in [1.29, 1.82) is 0 Å². The molecule has 0 saturated heterocycles. The van der Waals surface area contributed by atoms with E-state index in [1.807, 2.05) is 18.2 Å². The Balaban J connectivity index is 1.59. The molecule has 0 unspecified atom stereocenters. The van der Waals surface area contributed by atoms with Crippen LogP contribution in [0.5, 0.6) is 0 Å². The topological polar surface area (TPSA) is 110 Å². The van der Waals surface area contributed by atoms with Crippen LogP contribution >= 0.6 is 0 Å². The van der Waals surface area contributed by atoms with Crippen LogP contribution in [0.4, 0.5) is 5.69 Å². The number of fused-ring (bicyclic) bond motifs is 1. The molecule has 3 aromatic carbocycles. The summed E-state index contributed by atoms with van der Waals surface area (Å²) in [5.74, 6) is -0.739. The summed E-state index contributed by atoms with van der Waals surface area (Å²) in [7, 11) is -3.96. The third-order valence-electron chi connectivity index (χ3n) is 5.39. The van der Waals surface area contributed by atoms with E-state index in [4.69, 9.17) is 4.42 Å². The standard InChI is InChI=1S/C25H24N2O5S/c1-15-5-11-19(14-20(15)24(28)29)33(30,31)27-18-9-6-16(7-10-18)23-26-21-13-17(25(2,3)4)8-12-22(21)32-23/h5-14,27H,1-4H3,(H,28,29). The van der Waals surface area contributed by atoms with Gasteiger partial charge in [-0.25, -0.2) is 18.2 Å². The monoisotopic (exact) mass is 464 g/mol. The van der Waals surface area contributed by atoms with Crippen LogP contribution in [0.1, 0.15) is 42.3 Å². The number of carboxylic acid groups (broad SMARTS) is 1. The molecule has 0 fully saturated rings. The zero-order valence-corrected chi connectivity index (χ0v) is 19.5. The van der Waals surface area contributed by atoms with Crippen molar-refractivity contribution in [1.82, 2.24) is 4.98 Å². The third kappa shape index (κ3) is 4.61. The Labute approximate surface area is 192 Å². The van der Waals surface area contributed by atoms with Crippen LogP contribution in [-0.4, -0.2) is 24.5 Å². The van der Waals surface area contributed by atoms with Gasteiger partial charge in [0.2, 0.25) is 5.89 Å². The van der Waals surface area contributed by atoms with Crippen molar-refractivity contribution in [2.45, 2.75) is 38.0 Å². The van der Waals surface area contributed by atoms with Crippen LogP contribution < -0.4 is 4.72 Å². The molecule has 0 aliphatic carbocycles. The van der Waals surface area contributed by atoms with Gasteiger partial charge in [-0.2, -0.15) is 0 Å². The number of aryl methyl sites for hydroxylation is 1. The first kappa shape index (κ1) is 22.5. The number of aromatic carboxylic acids is 1. The molecule has 0 bridgehead atoms. The van der Waals surface area contributed by atoms with E-state index in [2.05, 4.69) is 30.5 Å². The summed E-state index contributed by atoms with van der Waals surface area (Å²) >= 11 is 0. The van der Waals surface area contributed by atoms with Crippen LogP contribution in [0.2, 0.25) is 0 Å². The third-order valence-corrected chi connectivity index (χ3v) is 6.77. The molecule has 33 heavy (non-hydrogen) atoms. The molecule has 8 heteroatoms. The number of aromatic nitrogens is 1. The van der Waals surface area contributed by atoms with Crippen LogP contribution in [0.25, 0.3) is 22.6 Å². The van der Waals surface area contributed by atoms with E-state index in [0.29, 0.717) is 28.3 Å². The second-order valence-electron chi connectivity index (χ2n) is 8.92. The molecule has 0 amide bonds. The number of hydrogen-bond acceptors (Lipinski definition) is 5. The summed E-state index contributed by atoms with van der Waals surface area (Å²) in [6, 6.07) is 16.6. The van der Waals surface area contributed by atoms with Gasteiger partial charge in [0.15, 0.2) is 5.58 Å². The minimum Gasteiger partial charge on any atom is -0.478 e. The number of carbonyl (C=O) groups is 1. The van der Waals surface area contributed by atoms with Gasteiger partial charge in [0.25, 0.3) is 10.0 Å². The van der Waals surface area contributed by atoms with Crippen LogP contribution in [0.15, 0.2) is 70.0 Å². The number of nitrogens with one attached hydrogen (secondary N) is 1. The van der Waals surface area contributed by atoms with Crippen molar-refractivity contribution in [2.24, 2.45) is 0 Å². The first-order valence-corrected chi connectivity index (χ1v) is 11.8. The normalized spacial score (nSPS) is 12.1. The number of anilines is 1. The number of rotatable bonds is 5. The molecule has 0 aliphatic heterocycles. The molecule has 4 aromatic rings. The predicted molar refractivity (Wildman–Crippen MR) is 127 cm³/mol. The lowest BCUT2D eigenvalue weighted by molar-refractivity contribution is 0.0696. The maximum atomic E-state index is 12.7. The summed E-state index contributed by atoms with van der Waals surface area (Å²) in [5, 5.41) is 9.26. The van der Waals surface area contributed by atoms with Crippen molar-refractivity contribution < 1.29 is 22.7 Å². The first-order valence-electron chi connectivity index (χ1n) is 10.3. The fraction of sp³-hybridized carbons (Fsp3) is 0.200. The smallest absolute Gasteiger partial charge is 0.335 e. The summed E-state index contributed by atoms with van der Waals surface area (Å²) < 4.78 is 33.8. The SMILES string of the molecule is Cc1ccc(S(=O)(=O)Nc2ccc(-c3nc4cc(C(C)(C)C)ccc4o3)cc2)cc1C(=O)O. The predicted octanol–water partition coefficient (Wildman–Crippen LogP) is 5.60. The maximum Gasteiger partial charge on any atom is 0.335 e. The van der Waals surface area contributed by atoms with E-state index in [-0.39, 0.29) is 15.9 Å². The number of carboxylic acids is 1. The van der Waals surface area contributed by atoms with Crippen molar-refractivity contribution in [3.8, 4) is 11.5 Å². The molecule has 0 atom stereocenters. The molecular formula is C25H24N2O5S. The molecule has 2 N–H and O–H groups in total. The van der Waals surface area contributed by atoms with E-state index in [1.165, 1.54) is 12.1 Å². The Morgan fingerprint density at radius 3 is 2.33 bits per heavy atom. The zero-order valence-electron chi connectivity index (χ0n) is 18.7. The van der Waals surface area contributed by atoms with E-state index in [9.17, 15) is 18.3 Å². The Hall–Kier alpha value is -3.65. The van der Waals surface area contributed by atoms with Gasteiger partial charge in [-0.05, 0) is 72.0 Å². The molecule has 0 saturated carbocycles. The van der Waals surface area contributed by atoms with Crippen molar-refractivity contribution in [3.05, 3.63) is 77.4 Å². The Bertz CT molecular complexity index is 1460. The van der Waals surface area contributed by atoms with E-state index >= 15 is 0 Å². The summed E-state index contributed by atoms with van der Waals surface area (Å²) in [6.07, 6.45) is 0. The minimum absolute atomic E-state index is 0.00517. The van der Waals surface area contributed by atoms with E-state index < -0.39 is 16.0 Å². The van der Waals surface area contributed by atoms with Gasteiger partial charge in [0.1, 0.15) is 5.52 Å². The lowest BCUT2D eigenvalue weighted by atomic mass is 9.87. The average Bonchev–Trinajstić information content (AvgIpc) is 3.16. The van der Waals surface area contributed by atoms with Crippen LogP contribution in [-0.2, 0) is 15.4 Å². The number of benzene rings is 3. The highest BCUT2D eigenvalue weighted by molar-refractivity contribution is 7.92. The molecule has 0 aliphatic rings. The molecule has 0 spiro atoms. The Morgan fingerprint density at radius 2 is 1.70 bits per heavy atom. The van der Waals surface area contributed by atoms with Gasteiger partial charge in [0.05, 0.1) is 10.5 Å². The summed E-state index contributed by atoms with van der Waals surface area (Å²) in [5.41, 5.74) is 4.05. The second-order valence-corrected chi connectivity index (χ2v) is 10.6. The fourth-order valence-electron chi connectivity index (χ4n) is 3.41. The van der Waals surface area contributed by atoms with Gasteiger partial charge in [-0.3, -0.25) is 4.72 Å². The highest BCUT2D eigenvalue weighted by atomic mass is 32.2. The molecule has 1 aromatic heterocycles. The minimum atomic E-state index is -3.96. The van der Waals surface area contributed by atoms with Crippen molar-refractivity contribution in [2.75, 3.05) is 4.72 Å². The fourth-order valence-corrected chi connectivity index (χ4v) is 4.50. The second kappa shape index (κ2) is 8.04. The summed E-state index contributed by atoms with van der Waals surface area (Å²) in [6.45, 7) is 8.01. The number of nitrogens with zero attached hydrogens (tertiary/aromatic N) is 1. The highest BCUT2D eigenvalue weighted by Gasteiger charge is 2.19. The summed E-state index contributed by atoms with van der Waals surface area (Å²) in [4.78, 5) is 15.8. The molecule has 170 valence electrons. The van der Waals surface area contributed by atoms with Crippen LogP contribution in [0, 0.1) is 6.92 Å². The van der Waals surface area contributed by atoms with Gasteiger partial charge >= 0.3 is 5.97 Å². The van der Waals surface area contributed by atoms with E-state index in [0.717, 1.165) is 17.1 Å². The van der Waals surface area contributed by atoms with E-state index in [1.54, 1.807) is 31.2 Å². The molecule has 0 radical (unpaired) electrons. The molecule has 1 heterocycles. The largest absolute Gasteiger partial charge is 0.478 e. The van der Waals surface area contributed by atoms with Gasteiger partial charge in [-0.1, -0.05) is 32.9 Å². The van der Waals surface area contributed by atoms with Gasteiger partial charge < -0.3 is 9.52 Å². The van der Waals surface area contributed by atoms with Crippen molar-refractivity contribution >= 4 is 32.8 Å². The first-order chi connectivity index (χ1) is 15.4. The quantitative estimate of drug-likeness (QED) is 0.398. The van der Waals surface area contributed by atoms with Gasteiger partial charge in [0, 0.05) is 11.3 Å². The number of oxazole rings is 1. The zero-order chi connectivity index (χ0) is 24.0. The average molecular weight is 465 g/mol. The lowest BCUT2D eigenvalue weighted by Crippen LogP contribution is -2.14. The highest BCUT2D eigenvalue weighted by Crippen LogP contribution is 2.30. The lowest BCUT2D eigenvalue weighted by Gasteiger charge is -2.18. The van der Waals surface area contributed by atoms with Crippen molar-refractivity contribution in [3.63, 3.8) is 0 Å². The molecule has 7 nitrogen and oxygen atoms in total. The molecular weight excluding hydrogens is 440 g/mol. The Kier molecular flexibility index (Phi) is 5.49. The number of sulfonamides is 1. The van der Waals surface area contributed by atoms with Crippen LogP contribution in [0.3, 0.4) is 0 Å².